The first kappa shape index (κ1) is 16.2. The van der Waals surface area contributed by atoms with Crippen LogP contribution in [-0.4, -0.2) is 23.7 Å². The smallest absolute Gasteiger partial charge is 0.265 e. The van der Waals surface area contributed by atoms with Crippen LogP contribution in [0.1, 0.15) is 12.7 Å². The van der Waals surface area contributed by atoms with Crippen molar-refractivity contribution < 1.29 is 8.42 Å². The van der Waals surface area contributed by atoms with Gasteiger partial charge in [0.1, 0.15) is 5.82 Å². The van der Waals surface area contributed by atoms with E-state index in [1.807, 2.05) is 6.07 Å². The molecule has 7 heteroatoms. The van der Waals surface area contributed by atoms with Gasteiger partial charge >= 0.3 is 0 Å². The first-order valence-corrected chi connectivity index (χ1v) is 9.16. The minimum absolute atomic E-state index is 0.0201. The van der Waals surface area contributed by atoms with Crippen molar-refractivity contribution in [2.45, 2.75) is 13.8 Å². The van der Waals surface area contributed by atoms with Crippen LogP contribution in [0.5, 0.6) is 0 Å². The Labute approximate surface area is 139 Å². The summed E-state index contributed by atoms with van der Waals surface area (Å²) in [5.41, 5.74) is 1.42. The molecule has 1 N–H and O–H groups in total. The Bertz CT molecular complexity index is 1070. The van der Waals surface area contributed by atoms with Gasteiger partial charge in [-0.3, -0.25) is 14.1 Å². The Kier molecular flexibility index (Phi) is 4.11. The lowest BCUT2D eigenvalue weighted by atomic mass is 10.2. The highest BCUT2D eigenvalue weighted by Crippen LogP contribution is 2.17. The summed E-state index contributed by atoms with van der Waals surface area (Å²) in [5.74, 6) is 0.516. The van der Waals surface area contributed by atoms with E-state index in [-0.39, 0.29) is 11.3 Å². The minimum atomic E-state index is -3.38. The molecule has 124 valence electrons. The Hall–Kier alpha value is -2.67. The standard InChI is InChI=1S/C17H17N3O3S/c1-3-24(22,23)19-13-7-6-8-14(11-13)20-12(2)18-16-10-5-4-9-15(16)17(20)21/h4-11,19H,3H2,1-2H3. The van der Waals surface area contributed by atoms with Crippen molar-refractivity contribution in [2.75, 3.05) is 10.5 Å². The van der Waals surface area contributed by atoms with Gasteiger partial charge in [0.05, 0.1) is 28.0 Å². The molecule has 0 aliphatic heterocycles. The van der Waals surface area contributed by atoms with Crippen LogP contribution in [0.2, 0.25) is 0 Å². The minimum Gasteiger partial charge on any atom is -0.283 e. The zero-order valence-corrected chi connectivity index (χ0v) is 14.2. The maximum Gasteiger partial charge on any atom is 0.265 e. The van der Waals surface area contributed by atoms with Gasteiger partial charge in [0.25, 0.3) is 5.56 Å². The first-order valence-electron chi connectivity index (χ1n) is 7.50. The zero-order chi connectivity index (χ0) is 17.3. The van der Waals surface area contributed by atoms with Crippen molar-refractivity contribution >= 4 is 26.6 Å². The monoisotopic (exact) mass is 343 g/mol. The largest absolute Gasteiger partial charge is 0.283 e. The summed E-state index contributed by atoms with van der Waals surface area (Å²) in [6, 6.07) is 13.8. The van der Waals surface area contributed by atoms with Crippen LogP contribution in [0.3, 0.4) is 0 Å². The number of fused-ring (bicyclic) bond motifs is 1. The molecule has 0 atom stereocenters. The van der Waals surface area contributed by atoms with E-state index in [2.05, 4.69) is 9.71 Å². The molecule has 0 saturated heterocycles. The molecule has 2 aromatic carbocycles. The van der Waals surface area contributed by atoms with Crippen LogP contribution in [-0.2, 0) is 10.0 Å². The molecule has 0 spiro atoms. The average Bonchev–Trinajstić information content (AvgIpc) is 2.55. The van der Waals surface area contributed by atoms with Crippen LogP contribution in [0.15, 0.2) is 53.3 Å². The van der Waals surface area contributed by atoms with Crippen molar-refractivity contribution in [3.63, 3.8) is 0 Å². The van der Waals surface area contributed by atoms with E-state index < -0.39 is 10.0 Å². The third-order valence-electron chi connectivity index (χ3n) is 3.70. The van der Waals surface area contributed by atoms with Gasteiger partial charge in [0.15, 0.2) is 0 Å². The zero-order valence-electron chi connectivity index (χ0n) is 13.4. The average molecular weight is 343 g/mol. The van der Waals surface area contributed by atoms with Gasteiger partial charge in [0, 0.05) is 0 Å². The van der Waals surface area contributed by atoms with E-state index in [9.17, 15) is 13.2 Å². The van der Waals surface area contributed by atoms with Crippen molar-refractivity contribution in [3.05, 3.63) is 64.7 Å². The van der Waals surface area contributed by atoms with Crippen molar-refractivity contribution in [1.82, 2.24) is 9.55 Å². The van der Waals surface area contributed by atoms with E-state index >= 15 is 0 Å². The molecule has 6 nitrogen and oxygen atoms in total. The predicted octanol–water partition coefficient (Wildman–Crippen LogP) is 2.46. The number of nitrogens with zero attached hydrogens (tertiary/aromatic N) is 2. The normalized spacial score (nSPS) is 11.6. The van der Waals surface area contributed by atoms with E-state index in [0.717, 1.165) is 0 Å². The molecule has 0 radical (unpaired) electrons. The van der Waals surface area contributed by atoms with Crippen LogP contribution >= 0.6 is 0 Å². The summed E-state index contributed by atoms with van der Waals surface area (Å²) in [4.78, 5) is 17.2. The maximum absolute atomic E-state index is 12.8. The lowest BCUT2D eigenvalue weighted by Crippen LogP contribution is -2.22. The second-order valence-corrected chi connectivity index (χ2v) is 7.38. The van der Waals surface area contributed by atoms with Crippen molar-refractivity contribution in [3.8, 4) is 5.69 Å². The van der Waals surface area contributed by atoms with Crippen molar-refractivity contribution in [2.24, 2.45) is 0 Å². The number of nitrogens with one attached hydrogen (secondary N) is 1. The molecular weight excluding hydrogens is 326 g/mol. The second kappa shape index (κ2) is 6.09. The molecule has 1 aromatic heterocycles. The molecule has 1 heterocycles. The van der Waals surface area contributed by atoms with Gasteiger partial charge < -0.3 is 0 Å². The van der Waals surface area contributed by atoms with Crippen molar-refractivity contribution in [1.29, 1.82) is 0 Å². The Morgan fingerprint density at radius 2 is 1.88 bits per heavy atom. The molecule has 0 bridgehead atoms. The highest BCUT2D eigenvalue weighted by Gasteiger charge is 2.11. The molecule has 24 heavy (non-hydrogen) atoms. The lowest BCUT2D eigenvalue weighted by Gasteiger charge is -2.13. The molecule has 3 rings (SSSR count). The van der Waals surface area contributed by atoms with E-state index in [0.29, 0.717) is 28.1 Å². The molecule has 0 unspecified atom stereocenters. The number of aryl methyl sites for hydroxylation is 1. The summed E-state index contributed by atoms with van der Waals surface area (Å²) >= 11 is 0. The van der Waals surface area contributed by atoms with E-state index in [1.54, 1.807) is 56.3 Å². The molecule has 0 aliphatic carbocycles. The maximum atomic E-state index is 12.8. The third-order valence-corrected chi connectivity index (χ3v) is 5.01. The number of benzene rings is 2. The van der Waals surface area contributed by atoms with Gasteiger partial charge in [-0.05, 0) is 44.2 Å². The molecule has 0 amide bonds. The second-order valence-electron chi connectivity index (χ2n) is 5.37. The van der Waals surface area contributed by atoms with Crippen LogP contribution in [0.25, 0.3) is 16.6 Å². The highest BCUT2D eigenvalue weighted by atomic mass is 32.2. The van der Waals surface area contributed by atoms with Crippen LogP contribution in [0.4, 0.5) is 5.69 Å². The predicted molar refractivity (Wildman–Crippen MR) is 95.2 cm³/mol. The fraction of sp³-hybridized carbons (Fsp3) is 0.176. The molecule has 0 fully saturated rings. The Morgan fingerprint density at radius 3 is 2.62 bits per heavy atom. The number of hydrogen-bond acceptors (Lipinski definition) is 4. The van der Waals surface area contributed by atoms with E-state index in [4.69, 9.17) is 0 Å². The number of para-hydroxylation sites is 1. The fourth-order valence-electron chi connectivity index (χ4n) is 2.51. The number of aromatic nitrogens is 2. The van der Waals surface area contributed by atoms with Crippen LogP contribution < -0.4 is 10.3 Å². The van der Waals surface area contributed by atoms with Gasteiger partial charge in [-0.25, -0.2) is 13.4 Å². The van der Waals surface area contributed by atoms with E-state index in [1.165, 1.54) is 4.57 Å². The molecular formula is C17H17N3O3S. The Balaban J connectivity index is 2.16. The molecule has 0 aliphatic rings. The number of sulfonamides is 1. The number of rotatable bonds is 4. The highest BCUT2D eigenvalue weighted by molar-refractivity contribution is 7.92. The van der Waals surface area contributed by atoms with Gasteiger partial charge in [-0.1, -0.05) is 18.2 Å². The quantitative estimate of drug-likeness (QED) is 0.789. The van der Waals surface area contributed by atoms with Gasteiger partial charge in [0.2, 0.25) is 10.0 Å². The number of hydrogen-bond donors (Lipinski definition) is 1. The first-order chi connectivity index (χ1) is 11.4. The van der Waals surface area contributed by atoms with Gasteiger partial charge in [-0.2, -0.15) is 0 Å². The third kappa shape index (κ3) is 3.03. The summed E-state index contributed by atoms with van der Waals surface area (Å²) in [6.45, 7) is 3.31. The summed E-state index contributed by atoms with van der Waals surface area (Å²) in [7, 11) is -3.38. The number of anilines is 1. The SMILES string of the molecule is CCS(=O)(=O)Nc1cccc(-n2c(C)nc3ccccc3c2=O)c1. The van der Waals surface area contributed by atoms with Crippen LogP contribution in [0, 0.1) is 6.92 Å². The fourth-order valence-corrected chi connectivity index (χ4v) is 3.14. The van der Waals surface area contributed by atoms with Gasteiger partial charge in [-0.15, -0.1) is 0 Å². The topological polar surface area (TPSA) is 81.1 Å². The lowest BCUT2D eigenvalue weighted by molar-refractivity contribution is 0.602. The molecule has 3 aromatic rings. The summed E-state index contributed by atoms with van der Waals surface area (Å²) in [5, 5.41) is 0.516. The summed E-state index contributed by atoms with van der Waals surface area (Å²) in [6.07, 6.45) is 0. The Morgan fingerprint density at radius 1 is 1.12 bits per heavy atom. The molecule has 0 saturated carbocycles. The summed E-state index contributed by atoms with van der Waals surface area (Å²) < 4.78 is 27.4.